The molecule has 2 aromatic carbocycles. The first kappa shape index (κ1) is 26.2. The smallest absolute Gasteiger partial charge is 0.270 e. The molecule has 2 aromatic rings. The van der Waals surface area contributed by atoms with Gasteiger partial charge in [-0.05, 0) is 55.9 Å². The van der Waals surface area contributed by atoms with Gasteiger partial charge in [0.25, 0.3) is 11.8 Å². The van der Waals surface area contributed by atoms with Crippen LogP contribution in [0.5, 0.6) is 11.5 Å². The van der Waals surface area contributed by atoms with E-state index in [1.807, 2.05) is 0 Å². The van der Waals surface area contributed by atoms with Gasteiger partial charge in [0.1, 0.15) is 18.1 Å². The highest BCUT2D eigenvalue weighted by Crippen LogP contribution is 2.33. The fourth-order valence-electron chi connectivity index (χ4n) is 2.96. The minimum absolute atomic E-state index is 0.00180. The number of alkyl halides is 2. The second-order valence-electron chi connectivity index (χ2n) is 7.30. The highest BCUT2D eigenvalue weighted by molar-refractivity contribution is 6.32. The third kappa shape index (κ3) is 8.11. The van der Waals surface area contributed by atoms with Crippen molar-refractivity contribution in [3.05, 3.63) is 52.0 Å². The summed E-state index contributed by atoms with van der Waals surface area (Å²) in [5, 5.41) is 3.04. The summed E-state index contributed by atoms with van der Waals surface area (Å²) in [7, 11) is 0. The summed E-state index contributed by atoms with van der Waals surface area (Å²) in [5.41, 5.74) is 0.244. The summed E-state index contributed by atoms with van der Waals surface area (Å²) in [4.78, 5) is 14.5. The highest BCUT2D eigenvalue weighted by atomic mass is 35.5. The Bertz CT molecular complexity index is 907. The Kier molecular flexibility index (Phi) is 10.0. The van der Waals surface area contributed by atoms with Crippen LogP contribution in [0.2, 0.25) is 10.0 Å². The van der Waals surface area contributed by atoms with E-state index in [1.54, 1.807) is 18.2 Å². The zero-order valence-electron chi connectivity index (χ0n) is 18.4. The SMILES string of the molecule is CCCN(CC)CCOc1ccc(NC(=O)COc2ccc(C(C)(F)F)cc2Cl)cc1Cl. The average molecular weight is 489 g/mol. The molecular formula is C23H28Cl2F2N2O3. The molecule has 0 atom stereocenters. The fraction of sp³-hybridized carbons (Fsp3) is 0.435. The van der Waals surface area contributed by atoms with Crippen molar-refractivity contribution in [1.29, 1.82) is 0 Å². The number of carbonyl (C=O) groups is 1. The quantitative estimate of drug-likeness (QED) is 0.384. The molecule has 0 saturated heterocycles. The topological polar surface area (TPSA) is 50.8 Å². The molecule has 0 aromatic heterocycles. The summed E-state index contributed by atoms with van der Waals surface area (Å²) in [5.74, 6) is -2.79. The predicted octanol–water partition coefficient (Wildman–Crippen LogP) is 6.23. The molecule has 0 aliphatic carbocycles. The van der Waals surface area contributed by atoms with Gasteiger partial charge in [-0.15, -0.1) is 0 Å². The van der Waals surface area contributed by atoms with E-state index < -0.39 is 11.8 Å². The molecule has 0 spiro atoms. The number of nitrogens with zero attached hydrogens (tertiary/aromatic N) is 1. The zero-order valence-corrected chi connectivity index (χ0v) is 19.9. The van der Waals surface area contributed by atoms with Gasteiger partial charge in [-0.1, -0.05) is 37.0 Å². The van der Waals surface area contributed by atoms with Gasteiger partial charge in [0.15, 0.2) is 6.61 Å². The monoisotopic (exact) mass is 488 g/mol. The number of nitrogens with one attached hydrogen (secondary N) is 1. The molecule has 0 unspecified atom stereocenters. The molecule has 0 bridgehead atoms. The number of amides is 1. The van der Waals surface area contributed by atoms with Crippen LogP contribution in [0, 0.1) is 0 Å². The first-order valence-electron chi connectivity index (χ1n) is 10.4. The first-order valence-corrected chi connectivity index (χ1v) is 11.1. The molecule has 2 rings (SSSR count). The number of rotatable bonds is 12. The second-order valence-corrected chi connectivity index (χ2v) is 8.11. The van der Waals surface area contributed by atoms with Gasteiger partial charge in [0, 0.05) is 24.7 Å². The molecular weight excluding hydrogens is 461 g/mol. The number of hydrogen-bond acceptors (Lipinski definition) is 4. The molecule has 176 valence electrons. The zero-order chi connectivity index (χ0) is 23.7. The van der Waals surface area contributed by atoms with Crippen LogP contribution in [0.25, 0.3) is 0 Å². The van der Waals surface area contributed by atoms with E-state index in [9.17, 15) is 13.6 Å². The largest absolute Gasteiger partial charge is 0.491 e. The van der Waals surface area contributed by atoms with Crippen molar-refractivity contribution in [2.24, 2.45) is 0 Å². The summed E-state index contributed by atoms with van der Waals surface area (Å²) in [6.45, 7) is 7.96. The van der Waals surface area contributed by atoms with Crippen LogP contribution in [-0.4, -0.2) is 43.7 Å². The molecule has 0 radical (unpaired) electrons. The van der Waals surface area contributed by atoms with Crippen LogP contribution in [0.4, 0.5) is 14.5 Å². The second kappa shape index (κ2) is 12.2. The maximum atomic E-state index is 13.3. The standard InChI is InChI=1S/C23H28Cl2F2N2O3/c1-4-10-29(5-2)11-12-31-20-9-7-17(14-19(20)25)28-22(30)15-32-21-8-6-16(13-18(21)24)23(3,26)27/h6-9,13-14H,4-5,10-12,15H2,1-3H3,(H,28,30). The average Bonchev–Trinajstić information content (AvgIpc) is 2.73. The first-order chi connectivity index (χ1) is 15.1. The van der Waals surface area contributed by atoms with Gasteiger partial charge in [-0.25, -0.2) is 8.78 Å². The minimum atomic E-state index is -3.01. The van der Waals surface area contributed by atoms with Gasteiger partial charge in [-0.3, -0.25) is 4.79 Å². The van der Waals surface area contributed by atoms with E-state index in [-0.39, 0.29) is 22.9 Å². The van der Waals surface area contributed by atoms with Gasteiger partial charge in [0.2, 0.25) is 0 Å². The van der Waals surface area contributed by atoms with E-state index in [0.29, 0.717) is 23.1 Å². The third-order valence-corrected chi connectivity index (χ3v) is 5.26. The Hall–Kier alpha value is -2.09. The van der Waals surface area contributed by atoms with Crippen LogP contribution in [0.15, 0.2) is 36.4 Å². The van der Waals surface area contributed by atoms with Gasteiger partial charge >= 0.3 is 0 Å². The maximum absolute atomic E-state index is 13.3. The summed E-state index contributed by atoms with van der Waals surface area (Å²) in [6.07, 6.45) is 1.08. The van der Waals surface area contributed by atoms with E-state index in [4.69, 9.17) is 32.7 Å². The predicted molar refractivity (Wildman–Crippen MR) is 124 cm³/mol. The molecule has 0 fully saturated rings. The number of hydrogen-bond donors (Lipinski definition) is 1. The van der Waals surface area contributed by atoms with Crippen LogP contribution >= 0.6 is 23.2 Å². The lowest BCUT2D eigenvalue weighted by atomic mass is 10.1. The summed E-state index contributed by atoms with van der Waals surface area (Å²) >= 11 is 12.2. The number of halogens is 4. The van der Waals surface area contributed by atoms with Crippen LogP contribution in [0.3, 0.4) is 0 Å². The lowest BCUT2D eigenvalue weighted by Crippen LogP contribution is -2.29. The number of anilines is 1. The molecule has 1 N–H and O–H groups in total. The van der Waals surface area contributed by atoms with Gasteiger partial charge in [-0.2, -0.15) is 0 Å². The van der Waals surface area contributed by atoms with E-state index >= 15 is 0 Å². The van der Waals surface area contributed by atoms with Gasteiger partial charge < -0.3 is 19.7 Å². The van der Waals surface area contributed by atoms with Crippen molar-refractivity contribution in [3.63, 3.8) is 0 Å². The van der Waals surface area contributed by atoms with Crippen molar-refractivity contribution in [3.8, 4) is 11.5 Å². The van der Waals surface area contributed by atoms with Crippen molar-refractivity contribution >= 4 is 34.8 Å². The van der Waals surface area contributed by atoms with Crippen molar-refractivity contribution in [2.45, 2.75) is 33.1 Å². The maximum Gasteiger partial charge on any atom is 0.270 e. The number of carbonyl (C=O) groups excluding carboxylic acids is 1. The molecule has 1 amide bonds. The summed E-state index contributed by atoms with van der Waals surface area (Å²) < 4.78 is 37.8. The van der Waals surface area contributed by atoms with E-state index in [2.05, 4.69) is 24.1 Å². The van der Waals surface area contributed by atoms with Crippen molar-refractivity contribution in [1.82, 2.24) is 4.90 Å². The Labute approximate surface area is 197 Å². The molecule has 0 saturated carbocycles. The Balaban J connectivity index is 1.86. The van der Waals surface area contributed by atoms with Crippen LogP contribution < -0.4 is 14.8 Å². The Morgan fingerprint density at radius 1 is 1.03 bits per heavy atom. The Morgan fingerprint density at radius 3 is 2.28 bits per heavy atom. The molecule has 5 nitrogen and oxygen atoms in total. The lowest BCUT2D eigenvalue weighted by Gasteiger charge is -2.19. The highest BCUT2D eigenvalue weighted by Gasteiger charge is 2.25. The third-order valence-electron chi connectivity index (χ3n) is 4.67. The number of ether oxygens (including phenoxy) is 2. The molecule has 0 heterocycles. The van der Waals surface area contributed by atoms with E-state index in [0.717, 1.165) is 39.0 Å². The molecule has 9 heteroatoms. The van der Waals surface area contributed by atoms with Crippen LogP contribution in [0.1, 0.15) is 32.8 Å². The number of benzene rings is 2. The fourth-order valence-corrected chi connectivity index (χ4v) is 3.43. The molecule has 32 heavy (non-hydrogen) atoms. The normalized spacial score (nSPS) is 11.5. The van der Waals surface area contributed by atoms with Crippen LogP contribution in [-0.2, 0) is 10.7 Å². The molecule has 0 aliphatic rings. The lowest BCUT2D eigenvalue weighted by molar-refractivity contribution is -0.118. The molecule has 0 aliphatic heterocycles. The minimum Gasteiger partial charge on any atom is -0.491 e. The van der Waals surface area contributed by atoms with Crippen molar-refractivity contribution in [2.75, 3.05) is 38.2 Å². The Morgan fingerprint density at radius 2 is 1.69 bits per heavy atom. The van der Waals surface area contributed by atoms with Gasteiger partial charge in [0.05, 0.1) is 10.0 Å². The van der Waals surface area contributed by atoms with Crippen molar-refractivity contribution < 1.29 is 23.0 Å². The number of likely N-dealkylation sites (N-methyl/N-ethyl adjacent to an activating group) is 1. The van der Waals surface area contributed by atoms with E-state index in [1.165, 1.54) is 12.1 Å². The summed E-state index contributed by atoms with van der Waals surface area (Å²) in [6, 6.07) is 8.59.